The van der Waals surface area contributed by atoms with Crippen molar-refractivity contribution in [3.63, 3.8) is 0 Å². The van der Waals surface area contributed by atoms with Crippen molar-refractivity contribution in [3.8, 4) is 0 Å². The topological polar surface area (TPSA) is 96.9 Å². The maximum atomic E-state index is 12.9. The van der Waals surface area contributed by atoms with Crippen LogP contribution in [0, 0.1) is 51.8 Å². The number of rotatable bonds is 11. The highest BCUT2D eigenvalue weighted by atomic mass is 16.6. The minimum atomic E-state index is -1.17. The number of hydrogen-bond donors (Lipinski definition) is 3. The summed E-state index contributed by atoms with van der Waals surface area (Å²) in [6.07, 6.45) is 14.7. The number of hydrogen-bond acceptors (Lipinski definition) is 6. The number of allylic oxidation sites excluding steroid dienone is 2. The van der Waals surface area contributed by atoms with E-state index >= 15 is 0 Å². The third-order valence-electron chi connectivity index (χ3n) is 13.4. The van der Waals surface area contributed by atoms with Crippen LogP contribution in [0.2, 0.25) is 0 Å². The first-order valence-electron chi connectivity index (χ1n) is 18.1. The molecule has 3 fully saturated rings. The van der Waals surface area contributed by atoms with Crippen LogP contribution in [0.25, 0.3) is 0 Å². The van der Waals surface area contributed by atoms with Crippen LogP contribution in [0.15, 0.2) is 23.1 Å². The lowest BCUT2D eigenvalue weighted by Gasteiger charge is -2.57. The number of methoxy groups -OCH3 is 1. The van der Waals surface area contributed by atoms with Crippen molar-refractivity contribution in [2.75, 3.05) is 20.2 Å². The van der Waals surface area contributed by atoms with Crippen molar-refractivity contribution in [1.29, 1.82) is 0 Å². The number of aliphatic hydroxyl groups excluding tert-OH is 1. The van der Waals surface area contributed by atoms with Crippen molar-refractivity contribution < 1.29 is 24.2 Å². The number of carbonyl (C=O) groups is 2. The smallest absolute Gasteiger partial charge is 0.407 e. The van der Waals surface area contributed by atoms with Gasteiger partial charge in [-0.25, -0.2) is 4.79 Å². The van der Waals surface area contributed by atoms with Crippen LogP contribution in [0.1, 0.15) is 119 Å². The summed E-state index contributed by atoms with van der Waals surface area (Å²) in [5.74, 6) is 4.57. The van der Waals surface area contributed by atoms with Gasteiger partial charge in [-0.1, -0.05) is 79.4 Å². The van der Waals surface area contributed by atoms with E-state index < -0.39 is 18.0 Å². The molecule has 5 aliphatic rings. The predicted octanol–water partition coefficient (Wildman–Crippen LogP) is 7.54. The molecule has 0 aromatic carbocycles. The molecule has 0 spiro atoms. The molecular formula is C38H62N2O5. The number of nitrogens with one attached hydrogen (secondary N) is 2. The van der Waals surface area contributed by atoms with Gasteiger partial charge < -0.3 is 25.2 Å². The molecule has 0 saturated heterocycles. The van der Waals surface area contributed by atoms with Crippen LogP contribution < -0.4 is 10.6 Å². The fourth-order valence-corrected chi connectivity index (χ4v) is 10.8. The van der Waals surface area contributed by atoms with Crippen LogP contribution in [0.4, 0.5) is 4.79 Å². The highest BCUT2D eigenvalue weighted by Gasteiger charge is 2.59. The number of Topliss-reactive ketones (excluding diaryl/α,β-unsaturated/α-hetero) is 1. The van der Waals surface area contributed by atoms with Crippen molar-refractivity contribution >= 4 is 11.9 Å². The molecule has 0 aromatic rings. The van der Waals surface area contributed by atoms with Gasteiger partial charge in [0.25, 0.3) is 0 Å². The van der Waals surface area contributed by atoms with Crippen LogP contribution in [-0.2, 0) is 14.3 Å². The van der Waals surface area contributed by atoms with Crippen LogP contribution >= 0.6 is 0 Å². The Kier molecular flexibility index (Phi) is 10.1. The third kappa shape index (κ3) is 6.45. The summed E-state index contributed by atoms with van der Waals surface area (Å²) >= 11 is 0. The Labute approximate surface area is 272 Å². The first-order chi connectivity index (χ1) is 21.2. The minimum Gasteiger partial charge on any atom is -0.491 e. The molecule has 0 aromatic heterocycles. The normalized spacial score (nSPS) is 37.8. The summed E-state index contributed by atoms with van der Waals surface area (Å²) in [5.41, 5.74) is 2.50. The van der Waals surface area contributed by atoms with Crippen molar-refractivity contribution in [1.82, 2.24) is 10.6 Å². The van der Waals surface area contributed by atoms with E-state index in [1.807, 2.05) is 0 Å². The average molecular weight is 627 g/mol. The van der Waals surface area contributed by atoms with E-state index in [1.165, 1.54) is 58.5 Å². The fourth-order valence-electron chi connectivity index (χ4n) is 10.8. The second-order valence-corrected chi connectivity index (χ2v) is 17.0. The Morgan fingerprint density at radius 1 is 1.02 bits per heavy atom. The fraction of sp³-hybridized carbons (Fsp3) is 0.842. The van der Waals surface area contributed by atoms with Gasteiger partial charge in [-0.3, -0.25) is 4.79 Å². The molecule has 45 heavy (non-hydrogen) atoms. The molecule has 3 saturated carbocycles. The number of ketones is 1. The quantitative estimate of drug-likeness (QED) is 0.162. The lowest BCUT2D eigenvalue weighted by atomic mass is 9.48. The molecule has 0 aliphatic heterocycles. The number of fused-ring (bicyclic) bond motifs is 5. The lowest BCUT2D eigenvalue weighted by molar-refractivity contribution is -0.129. The zero-order valence-electron chi connectivity index (χ0n) is 29.5. The van der Waals surface area contributed by atoms with Gasteiger partial charge >= 0.3 is 6.09 Å². The minimum absolute atomic E-state index is 0.145. The first-order valence-corrected chi connectivity index (χ1v) is 18.1. The van der Waals surface area contributed by atoms with Gasteiger partial charge in [-0.2, -0.15) is 0 Å². The zero-order valence-corrected chi connectivity index (χ0v) is 29.5. The maximum Gasteiger partial charge on any atom is 0.407 e. The SMILES string of the molecule is COC1=C(NCCNC(=O)O[C@H]2CC[C@@]3(C)C(=CC[C@H]4[C@@H]5CC[C@H]([C@H](C)CCCC(C)C)[C@@]5(C)CC[C@@H]43)CC2(C)C)C(O)C1=O. The molecule has 9 atom stereocenters. The second-order valence-electron chi connectivity index (χ2n) is 17.0. The number of aliphatic hydroxyl groups is 1. The van der Waals surface area contributed by atoms with Gasteiger partial charge in [0.1, 0.15) is 6.10 Å². The summed E-state index contributed by atoms with van der Waals surface area (Å²) in [6.45, 7) is 17.7. The Morgan fingerprint density at radius 2 is 1.78 bits per heavy atom. The molecule has 7 heteroatoms. The average Bonchev–Trinajstić information content (AvgIpc) is 3.30. The molecule has 3 N–H and O–H groups in total. The molecule has 0 heterocycles. The monoisotopic (exact) mass is 626 g/mol. The predicted molar refractivity (Wildman–Crippen MR) is 178 cm³/mol. The summed E-state index contributed by atoms with van der Waals surface area (Å²) < 4.78 is 11.2. The van der Waals surface area contributed by atoms with Gasteiger partial charge in [0.15, 0.2) is 11.9 Å². The number of alkyl carbamates (subject to hydrolysis) is 1. The molecule has 0 bridgehead atoms. The summed E-state index contributed by atoms with van der Waals surface area (Å²) in [7, 11) is 1.41. The van der Waals surface area contributed by atoms with Crippen molar-refractivity contribution in [2.45, 2.75) is 131 Å². The van der Waals surface area contributed by atoms with E-state index in [4.69, 9.17) is 9.47 Å². The lowest BCUT2D eigenvalue weighted by Crippen LogP contribution is -2.49. The largest absolute Gasteiger partial charge is 0.491 e. The molecule has 1 amide bonds. The second kappa shape index (κ2) is 13.2. The molecule has 7 nitrogen and oxygen atoms in total. The number of ether oxygens (including phenoxy) is 2. The van der Waals surface area contributed by atoms with Gasteiger partial charge in [0, 0.05) is 18.5 Å². The zero-order chi connectivity index (χ0) is 32.7. The van der Waals surface area contributed by atoms with E-state index in [-0.39, 0.29) is 22.7 Å². The summed E-state index contributed by atoms with van der Waals surface area (Å²) in [4.78, 5) is 24.6. The Morgan fingerprint density at radius 3 is 2.49 bits per heavy atom. The first kappa shape index (κ1) is 34.3. The van der Waals surface area contributed by atoms with Crippen molar-refractivity contribution in [3.05, 3.63) is 23.1 Å². The van der Waals surface area contributed by atoms with E-state index in [0.29, 0.717) is 24.2 Å². The standard InChI is InChI=1S/C38H62N2O5/c1-23(2)10-9-11-24(3)27-14-15-28-26-13-12-25-22-36(4,5)30(17-19-37(25,6)29(26)16-18-38(27,28)7)45-35(43)40-21-20-39-31-32(41)33(42)34(31)44-8/h12,23-24,26-30,32,39,41H,9-11,13-22H2,1-8H3,(H,40,43)/t24-,26+,27-,28+,29+,30+,32?,37+,38-/m1/s1. The van der Waals surface area contributed by atoms with E-state index in [0.717, 1.165) is 54.8 Å². The molecule has 5 rings (SSSR count). The number of amides is 1. The van der Waals surface area contributed by atoms with Crippen molar-refractivity contribution in [2.24, 2.45) is 51.8 Å². The molecule has 254 valence electrons. The Balaban J connectivity index is 1.19. The van der Waals surface area contributed by atoms with E-state index in [1.54, 1.807) is 5.57 Å². The van der Waals surface area contributed by atoms with Gasteiger partial charge in [-0.15, -0.1) is 0 Å². The van der Waals surface area contributed by atoms with E-state index in [9.17, 15) is 14.7 Å². The molecule has 5 aliphatic carbocycles. The van der Waals surface area contributed by atoms with Gasteiger partial charge in [0.05, 0.1) is 12.8 Å². The van der Waals surface area contributed by atoms with Crippen LogP contribution in [-0.4, -0.2) is 49.4 Å². The number of carbonyl (C=O) groups excluding carboxylic acids is 2. The summed E-state index contributed by atoms with van der Waals surface area (Å²) in [5, 5.41) is 15.7. The molecule has 0 radical (unpaired) electrons. The highest BCUT2D eigenvalue weighted by molar-refractivity contribution is 6.06. The van der Waals surface area contributed by atoms with Gasteiger partial charge in [0.2, 0.25) is 5.78 Å². The van der Waals surface area contributed by atoms with Crippen LogP contribution in [0.5, 0.6) is 0 Å². The highest BCUT2D eigenvalue weighted by Crippen LogP contribution is 2.67. The van der Waals surface area contributed by atoms with Crippen LogP contribution in [0.3, 0.4) is 0 Å². The molecular weight excluding hydrogens is 564 g/mol. The van der Waals surface area contributed by atoms with Gasteiger partial charge in [-0.05, 0) is 97.7 Å². The maximum absolute atomic E-state index is 12.9. The summed E-state index contributed by atoms with van der Waals surface area (Å²) in [6, 6.07) is 0. The Bertz CT molecular complexity index is 1170. The van der Waals surface area contributed by atoms with E-state index in [2.05, 4.69) is 65.2 Å². The Hall–Kier alpha value is -2.02. The third-order valence-corrected chi connectivity index (χ3v) is 13.4. The molecule has 1 unspecified atom stereocenters.